The van der Waals surface area contributed by atoms with Gasteiger partial charge < -0.3 is 15.4 Å². The van der Waals surface area contributed by atoms with Crippen LogP contribution in [0.1, 0.15) is 32.2 Å². The Balaban J connectivity index is 0.00000338. The molecule has 0 saturated carbocycles. The molecule has 2 rings (SSSR count). The minimum Gasteiger partial charge on any atom is -0.493 e. The predicted molar refractivity (Wildman–Crippen MR) is 115 cm³/mol. The van der Waals surface area contributed by atoms with Gasteiger partial charge in [0.15, 0.2) is 5.96 Å². The number of ether oxygens (including phenoxy) is 1. The fourth-order valence-electron chi connectivity index (χ4n) is 2.15. The molecular formula is C18H29IN6O. The Morgan fingerprint density at radius 3 is 2.77 bits per heavy atom. The van der Waals surface area contributed by atoms with Gasteiger partial charge in [0.25, 0.3) is 0 Å². The van der Waals surface area contributed by atoms with Crippen LogP contribution in [-0.4, -0.2) is 33.9 Å². The van der Waals surface area contributed by atoms with Crippen molar-refractivity contribution in [3.05, 3.63) is 42.0 Å². The summed E-state index contributed by atoms with van der Waals surface area (Å²) in [6.45, 7) is 8.98. The summed E-state index contributed by atoms with van der Waals surface area (Å²) in [5.74, 6) is 3.00. The van der Waals surface area contributed by atoms with E-state index in [2.05, 4.69) is 45.6 Å². The van der Waals surface area contributed by atoms with Crippen LogP contribution in [0.2, 0.25) is 0 Å². The van der Waals surface area contributed by atoms with E-state index < -0.39 is 0 Å². The molecule has 0 saturated heterocycles. The molecule has 7 nitrogen and oxygen atoms in total. The molecule has 0 aliphatic rings. The summed E-state index contributed by atoms with van der Waals surface area (Å²) >= 11 is 0. The van der Waals surface area contributed by atoms with Gasteiger partial charge in [0.1, 0.15) is 17.9 Å². The molecule has 0 radical (unpaired) electrons. The summed E-state index contributed by atoms with van der Waals surface area (Å²) in [5.41, 5.74) is 1.11. The maximum absolute atomic E-state index is 5.77. The van der Waals surface area contributed by atoms with Crippen LogP contribution in [0, 0.1) is 5.92 Å². The molecule has 2 aromatic rings. The van der Waals surface area contributed by atoms with Crippen molar-refractivity contribution in [2.24, 2.45) is 18.0 Å². The van der Waals surface area contributed by atoms with Crippen LogP contribution in [0.25, 0.3) is 0 Å². The van der Waals surface area contributed by atoms with Gasteiger partial charge in [0.2, 0.25) is 0 Å². The molecule has 0 atom stereocenters. The van der Waals surface area contributed by atoms with Gasteiger partial charge >= 0.3 is 0 Å². The Morgan fingerprint density at radius 2 is 2.12 bits per heavy atom. The molecule has 0 bridgehead atoms. The number of benzene rings is 1. The van der Waals surface area contributed by atoms with Crippen molar-refractivity contribution in [1.82, 2.24) is 25.4 Å². The fraction of sp³-hybridized carbons (Fsp3) is 0.500. The molecule has 0 amide bonds. The number of halogens is 1. The van der Waals surface area contributed by atoms with Gasteiger partial charge in [-0.15, -0.1) is 24.0 Å². The second kappa shape index (κ2) is 11.7. The second-order valence-electron chi connectivity index (χ2n) is 6.20. The normalized spacial score (nSPS) is 11.2. The molecule has 0 unspecified atom stereocenters. The van der Waals surface area contributed by atoms with Gasteiger partial charge in [-0.3, -0.25) is 4.68 Å². The summed E-state index contributed by atoms with van der Waals surface area (Å²) in [4.78, 5) is 8.83. The lowest BCUT2D eigenvalue weighted by atomic mass is 10.2. The Kier molecular flexibility index (Phi) is 10.0. The van der Waals surface area contributed by atoms with Gasteiger partial charge in [-0.2, -0.15) is 5.10 Å². The number of guanidine groups is 1. The van der Waals surface area contributed by atoms with Crippen molar-refractivity contribution in [1.29, 1.82) is 0 Å². The van der Waals surface area contributed by atoms with Gasteiger partial charge in [-0.25, -0.2) is 9.98 Å². The first kappa shape index (κ1) is 22.2. The zero-order valence-electron chi connectivity index (χ0n) is 15.9. The number of aryl methyl sites for hydroxylation is 1. The third-order valence-electron chi connectivity index (χ3n) is 3.46. The number of hydrogen-bond donors (Lipinski definition) is 2. The largest absolute Gasteiger partial charge is 0.493 e. The zero-order valence-corrected chi connectivity index (χ0v) is 18.2. The van der Waals surface area contributed by atoms with Crippen molar-refractivity contribution >= 4 is 29.9 Å². The van der Waals surface area contributed by atoms with Crippen LogP contribution in [0.3, 0.4) is 0 Å². The van der Waals surface area contributed by atoms with Crippen LogP contribution in [-0.2, 0) is 20.1 Å². The third-order valence-corrected chi connectivity index (χ3v) is 3.46. The van der Waals surface area contributed by atoms with Gasteiger partial charge in [0.05, 0.1) is 19.7 Å². The fourth-order valence-corrected chi connectivity index (χ4v) is 2.15. The first-order chi connectivity index (χ1) is 12.1. The number of hydrogen-bond acceptors (Lipinski definition) is 4. The zero-order chi connectivity index (χ0) is 18.1. The van der Waals surface area contributed by atoms with Crippen molar-refractivity contribution in [3.63, 3.8) is 0 Å². The van der Waals surface area contributed by atoms with E-state index in [4.69, 9.17) is 4.74 Å². The molecule has 0 fully saturated rings. The SMILES string of the molecule is CCNC(=NCc1cccc(OCC(C)C)c1)NCc1ncnn1C.I. The Labute approximate surface area is 172 Å². The quantitative estimate of drug-likeness (QED) is 0.351. The van der Waals surface area contributed by atoms with E-state index in [0.29, 0.717) is 25.6 Å². The van der Waals surface area contributed by atoms with Crippen molar-refractivity contribution < 1.29 is 4.74 Å². The van der Waals surface area contributed by atoms with Crippen LogP contribution in [0.4, 0.5) is 0 Å². The average Bonchev–Trinajstić information content (AvgIpc) is 3.01. The van der Waals surface area contributed by atoms with Crippen LogP contribution < -0.4 is 15.4 Å². The van der Waals surface area contributed by atoms with Crippen molar-refractivity contribution in [2.45, 2.75) is 33.9 Å². The first-order valence-corrected chi connectivity index (χ1v) is 8.65. The Hall–Kier alpha value is -1.84. The molecule has 1 aromatic heterocycles. The summed E-state index contributed by atoms with van der Waals surface area (Å²) in [7, 11) is 1.87. The van der Waals surface area contributed by atoms with Crippen molar-refractivity contribution in [3.8, 4) is 5.75 Å². The number of aliphatic imine (C=N–C) groups is 1. The number of nitrogens with zero attached hydrogens (tertiary/aromatic N) is 4. The topological polar surface area (TPSA) is 76.4 Å². The molecule has 0 aliphatic carbocycles. The predicted octanol–water partition coefficient (Wildman–Crippen LogP) is 2.72. The van der Waals surface area contributed by atoms with Crippen LogP contribution in [0.5, 0.6) is 5.75 Å². The lowest BCUT2D eigenvalue weighted by Gasteiger charge is -2.12. The van der Waals surface area contributed by atoms with E-state index in [1.165, 1.54) is 0 Å². The number of aromatic nitrogens is 3. The van der Waals surface area contributed by atoms with Crippen LogP contribution >= 0.6 is 24.0 Å². The highest BCUT2D eigenvalue weighted by Crippen LogP contribution is 2.15. The maximum Gasteiger partial charge on any atom is 0.191 e. The second-order valence-corrected chi connectivity index (χ2v) is 6.20. The minimum atomic E-state index is 0. The highest BCUT2D eigenvalue weighted by atomic mass is 127. The third kappa shape index (κ3) is 7.59. The minimum absolute atomic E-state index is 0. The molecule has 0 spiro atoms. The summed E-state index contributed by atoms with van der Waals surface area (Å²) in [6, 6.07) is 8.07. The van der Waals surface area contributed by atoms with E-state index in [0.717, 1.165) is 29.6 Å². The monoisotopic (exact) mass is 472 g/mol. The highest BCUT2D eigenvalue weighted by molar-refractivity contribution is 14.0. The standard InChI is InChI=1S/C18H28N6O.HI/c1-5-19-18(21-11-17-22-13-23-24(17)4)20-10-15-7-6-8-16(9-15)25-12-14(2)3;/h6-9,13-14H,5,10-12H2,1-4H3,(H2,19,20,21);1H. The van der Waals surface area contributed by atoms with Crippen molar-refractivity contribution in [2.75, 3.05) is 13.2 Å². The summed E-state index contributed by atoms with van der Waals surface area (Å²) < 4.78 is 7.52. The Bertz CT molecular complexity index is 686. The van der Waals surface area contributed by atoms with E-state index in [-0.39, 0.29) is 24.0 Å². The molecule has 1 heterocycles. The van der Waals surface area contributed by atoms with E-state index >= 15 is 0 Å². The van der Waals surface area contributed by atoms with Crippen LogP contribution in [0.15, 0.2) is 35.6 Å². The smallest absolute Gasteiger partial charge is 0.191 e. The maximum atomic E-state index is 5.77. The van der Waals surface area contributed by atoms with Gasteiger partial charge in [-0.05, 0) is 30.5 Å². The molecule has 26 heavy (non-hydrogen) atoms. The van der Waals surface area contributed by atoms with Gasteiger partial charge in [0, 0.05) is 13.6 Å². The average molecular weight is 472 g/mol. The molecular weight excluding hydrogens is 443 g/mol. The lowest BCUT2D eigenvalue weighted by Crippen LogP contribution is -2.37. The first-order valence-electron chi connectivity index (χ1n) is 8.65. The molecule has 0 aliphatic heterocycles. The number of nitrogens with one attached hydrogen (secondary N) is 2. The van der Waals surface area contributed by atoms with E-state index in [1.54, 1.807) is 11.0 Å². The lowest BCUT2D eigenvalue weighted by molar-refractivity contribution is 0.271. The molecule has 144 valence electrons. The van der Waals surface area contributed by atoms with E-state index in [1.807, 2.05) is 32.2 Å². The molecule has 1 aromatic carbocycles. The molecule has 8 heteroatoms. The highest BCUT2D eigenvalue weighted by Gasteiger charge is 2.03. The summed E-state index contributed by atoms with van der Waals surface area (Å²) in [6.07, 6.45) is 1.55. The molecule has 2 N–H and O–H groups in total. The van der Waals surface area contributed by atoms with Gasteiger partial charge in [-0.1, -0.05) is 26.0 Å². The summed E-state index contributed by atoms with van der Waals surface area (Å²) in [5, 5.41) is 10.6. The number of rotatable bonds is 8. The Morgan fingerprint density at radius 1 is 1.31 bits per heavy atom. The van der Waals surface area contributed by atoms with E-state index in [9.17, 15) is 0 Å².